The summed E-state index contributed by atoms with van der Waals surface area (Å²) in [6.07, 6.45) is 7.74. The fourth-order valence-corrected chi connectivity index (χ4v) is 2.94. The van der Waals surface area contributed by atoms with E-state index in [0.29, 0.717) is 12.6 Å². The second kappa shape index (κ2) is 13.4. The fourth-order valence-electron chi connectivity index (χ4n) is 2.94. The number of halogens is 1. The topological polar surface area (TPSA) is 79.5 Å². The molecule has 0 aromatic carbocycles. The minimum absolute atomic E-state index is 0. The number of amides is 2. The third kappa shape index (κ3) is 9.45. The van der Waals surface area contributed by atoms with Gasteiger partial charge in [0.1, 0.15) is 12.6 Å². The average Bonchev–Trinajstić information content (AvgIpc) is 2.77. The number of hydrogen-bond donors (Lipinski definition) is 3. The molecule has 0 saturated heterocycles. The zero-order valence-corrected chi connectivity index (χ0v) is 16.0. The number of methoxy groups -OCH3 is 1. The average molecular weight is 364 g/mol. The zero-order chi connectivity index (χ0) is 17.1. The van der Waals surface area contributed by atoms with Crippen molar-refractivity contribution in [3.8, 4) is 0 Å². The van der Waals surface area contributed by atoms with E-state index in [9.17, 15) is 9.59 Å². The monoisotopic (exact) mass is 363 g/mol. The third-order valence-electron chi connectivity index (χ3n) is 4.25. The zero-order valence-electron chi connectivity index (χ0n) is 15.2. The second-order valence-corrected chi connectivity index (χ2v) is 6.66. The first-order valence-electron chi connectivity index (χ1n) is 8.84. The van der Waals surface area contributed by atoms with Crippen molar-refractivity contribution in [2.45, 2.75) is 64.5 Å². The minimum atomic E-state index is -0.518. The summed E-state index contributed by atoms with van der Waals surface area (Å²) in [6, 6.07) is 0.0623. The molecule has 0 heterocycles. The molecular weight excluding hydrogens is 330 g/mol. The minimum Gasteiger partial charge on any atom is -0.375 e. The van der Waals surface area contributed by atoms with Crippen LogP contribution >= 0.6 is 12.4 Å². The van der Waals surface area contributed by atoms with Crippen molar-refractivity contribution in [2.24, 2.45) is 5.92 Å². The van der Waals surface area contributed by atoms with E-state index >= 15 is 0 Å². The lowest BCUT2D eigenvalue weighted by Gasteiger charge is -2.22. The number of carbonyl (C=O) groups excluding carboxylic acids is 2. The molecule has 2 amide bonds. The Labute approximate surface area is 152 Å². The molecule has 142 valence electrons. The number of carbonyl (C=O) groups is 2. The van der Waals surface area contributed by atoms with Crippen LogP contribution in [0.15, 0.2) is 0 Å². The number of rotatable bonds is 9. The molecule has 0 unspecified atom stereocenters. The number of hydrogen-bond acceptors (Lipinski definition) is 4. The van der Waals surface area contributed by atoms with Gasteiger partial charge in [0.2, 0.25) is 11.8 Å². The van der Waals surface area contributed by atoms with Gasteiger partial charge in [-0.15, -0.1) is 12.4 Å². The number of nitrogens with one attached hydrogen (secondary N) is 3. The molecular formula is C17H34ClN3O3. The Bertz CT molecular complexity index is 359. The highest BCUT2D eigenvalue weighted by Gasteiger charge is 2.23. The SMILES string of the molecule is COCC(=O)N[C@H](C(=O)NCCNC1CCCCCC1)C(C)C.Cl. The van der Waals surface area contributed by atoms with Gasteiger partial charge in [-0.3, -0.25) is 9.59 Å². The lowest BCUT2D eigenvalue weighted by molar-refractivity contribution is -0.131. The summed E-state index contributed by atoms with van der Waals surface area (Å²) in [6.45, 7) is 5.16. The molecule has 0 aromatic heterocycles. The molecule has 1 aliphatic carbocycles. The Morgan fingerprint density at radius 3 is 2.25 bits per heavy atom. The summed E-state index contributed by atoms with van der Waals surface area (Å²) in [7, 11) is 1.46. The molecule has 6 nitrogen and oxygen atoms in total. The Morgan fingerprint density at radius 1 is 1.08 bits per heavy atom. The van der Waals surface area contributed by atoms with Gasteiger partial charge in [0.05, 0.1) is 0 Å². The maximum atomic E-state index is 12.2. The van der Waals surface area contributed by atoms with Crippen molar-refractivity contribution >= 4 is 24.2 Å². The van der Waals surface area contributed by atoms with Crippen LogP contribution in [0.2, 0.25) is 0 Å². The van der Waals surface area contributed by atoms with Gasteiger partial charge in [-0.05, 0) is 18.8 Å². The van der Waals surface area contributed by atoms with Crippen molar-refractivity contribution in [1.29, 1.82) is 0 Å². The maximum Gasteiger partial charge on any atom is 0.246 e. The van der Waals surface area contributed by atoms with E-state index in [2.05, 4.69) is 16.0 Å². The third-order valence-corrected chi connectivity index (χ3v) is 4.25. The Kier molecular flexibility index (Phi) is 13.0. The van der Waals surface area contributed by atoms with Crippen molar-refractivity contribution < 1.29 is 14.3 Å². The van der Waals surface area contributed by atoms with E-state index in [4.69, 9.17) is 4.74 Å². The van der Waals surface area contributed by atoms with Gasteiger partial charge in [0, 0.05) is 26.2 Å². The smallest absolute Gasteiger partial charge is 0.246 e. The molecule has 0 spiro atoms. The van der Waals surface area contributed by atoms with Crippen LogP contribution in [0.1, 0.15) is 52.4 Å². The van der Waals surface area contributed by atoms with Gasteiger partial charge in [-0.25, -0.2) is 0 Å². The Balaban J connectivity index is 0.00000529. The lowest BCUT2D eigenvalue weighted by atomic mass is 10.0. The van der Waals surface area contributed by atoms with Crippen LogP contribution < -0.4 is 16.0 Å². The van der Waals surface area contributed by atoms with E-state index in [1.807, 2.05) is 13.8 Å². The molecule has 3 N–H and O–H groups in total. The van der Waals surface area contributed by atoms with Crippen LogP contribution in [0, 0.1) is 5.92 Å². The lowest BCUT2D eigenvalue weighted by Crippen LogP contribution is -2.51. The van der Waals surface area contributed by atoms with E-state index in [1.54, 1.807) is 0 Å². The predicted molar refractivity (Wildman–Crippen MR) is 98.4 cm³/mol. The van der Waals surface area contributed by atoms with Crippen LogP contribution in [0.25, 0.3) is 0 Å². The Morgan fingerprint density at radius 2 is 1.71 bits per heavy atom. The van der Waals surface area contributed by atoms with Crippen LogP contribution in [-0.2, 0) is 14.3 Å². The summed E-state index contributed by atoms with van der Waals surface area (Å²) in [4.78, 5) is 23.8. The molecule has 0 aromatic rings. The van der Waals surface area contributed by atoms with Gasteiger partial charge in [-0.1, -0.05) is 39.5 Å². The Hall–Kier alpha value is -0.850. The van der Waals surface area contributed by atoms with Crippen molar-refractivity contribution in [3.63, 3.8) is 0 Å². The summed E-state index contributed by atoms with van der Waals surface area (Å²) >= 11 is 0. The number of ether oxygens (including phenoxy) is 1. The first-order valence-corrected chi connectivity index (χ1v) is 8.84. The molecule has 0 aliphatic heterocycles. The summed E-state index contributed by atoms with van der Waals surface area (Å²) in [5.41, 5.74) is 0. The highest BCUT2D eigenvalue weighted by Crippen LogP contribution is 2.16. The van der Waals surface area contributed by atoms with Crippen molar-refractivity contribution in [1.82, 2.24) is 16.0 Å². The molecule has 1 aliphatic rings. The van der Waals surface area contributed by atoms with Gasteiger partial charge in [0.25, 0.3) is 0 Å². The van der Waals surface area contributed by atoms with Crippen LogP contribution in [0.3, 0.4) is 0 Å². The summed E-state index contributed by atoms with van der Waals surface area (Å²) in [5, 5.41) is 9.15. The van der Waals surface area contributed by atoms with E-state index in [-0.39, 0.29) is 36.7 Å². The summed E-state index contributed by atoms with van der Waals surface area (Å²) in [5.74, 6) is -0.365. The van der Waals surface area contributed by atoms with E-state index in [0.717, 1.165) is 6.54 Å². The van der Waals surface area contributed by atoms with E-state index in [1.165, 1.54) is 45.6 Å². The molecule has 1 saturated carbocycles. The van der Waals surface area contributed by atoms with Crippen molar-refractivity contribution in [3.05, 3.63) is 0 Å². The first kappa shape index (κ1) is 23.1. The first-order chi connectivity index (χ1) is 11.0. The molecule has 7 heteroatoms. The summed E-state index contributed by atoms with van der Waals surface area (Å²) < 4.78 is 4.79. The van der Waals surface area contributed by atoms with Crippen LogP contribution in [0.4, 0.5) is 0 Å². The standard InChI is InChI=1S/C17H33N3O3.ClH/c1-13(2)16(20-15(21)12-23-3)17(22)19-11-10-18-14-8-6-4-5-7-9-14;/h13-14,16,18H,4-12H2,1-3H3,(H,19,22)(H,20,21);1H/t16-;/m0./s1. The highest BCUT2D eigenvalue weighted by molar-refractivity contribution is 5.88. The largest absolute Gasteiger partial charge is 0.375 e. The maximum absolute atomic E-state index is 12.2. The molecule has 1 fully saturated rings. The predicted octanol–water partition coefficient (Wildman–Crippen LogP) is 1.62. The van der Waals surface area contributed by atoms with Crippen LogP contribution in [-0.4, -0.2) is 50.7 Å². The molecule has 24 heavy (non-hydrogen) atoms. The molecule has 0 bridgehead atoms. The van der Waals surface area contributed by atoms with Crippen molar-refractivity contribution in [2.75, 3.05) is 26.8 Å². The fraction of sp³-hybridized carbons (Fsp3) is 0.882. The molecule has 1 rings (SSSR count). The van der Waals surface area contributed by atoms with Gasteiger partial charge >= 0.3 is 0 Å². The van der Waals surface area contributed by atoms with E-state index < -0.39 is 6.04 Å². The molecule has 1 atom stereocenters. The van der Waals surface area contributed by atoms with Crippen LogP contribution in [0.5, 0.6) is 0 Å². The molecule has 0 radical (unpaired) electrons. The van der Waals surface area contributed by atoms with Gasteiger partial charge in [-0.2, -0.15) is 0 Å². The highest BCUT2D eigenvalue weighted by atomic mass is 35.5. The normalized spacial score (nSPS) is 16.8. The van der Waals surface area contributed by atoms with Gasteiger partial charge in [0.15, 0.2) is 0 Å². The second-order valence-electron chi connectivity index (χ2n) is 6.66. The quantitative estimate of drug-likeness (QED) is 0.429. The van der Waals surface area contributed by atoms with Gasteiger partial charge < -0.3 is 20.7 Å².